The number of nitrogens with zero attached hydrogens (tertiary/aromatic N) is 1. The summed E-state index contributed by atoms with van der Waals surface area (Å²) in [7, 11) is 0. The quantitative estimate of drug-likeness (QED) is 0.307. The Morgan fingerprint density at radius 3 is 2.22 bits per heavy atom. The predicted molar refractivity (Wildman–Crippen MR) is 124 cm³/mol. The van der Waals surface area contributed by atoms with Gasteiger partial charge in [-0.05, 0) is 43.0 Å². The van der Waals surface area contributed by atoms with Crippen LogP contribution in [-0.2, 0) is 17.6 Å². The van der Waals surface area contributed by atoms with Crippen molar-refractivity contribution in [3.05, 3.63) is 65.7 Å². The zero-order chi connectivity index (χ0) is 18.6. The van der Waals surface area contributed by atoms with Gasteiger partial charge in [0.1, 0.15) is 0 Å². The number of halogens is 1. The fraction of sp³-hybridized carbons (Fsp3) is 0.333. The Balaban J connectivity index is 0.00000364. The minimum atomic E-state index is -0.0563. The van der Waals surface area contributed by atoms with Crippen LogP contribution in [0.3, 0.4) is 0 Å². The summed E-state index contributed by atoms with van der Waals surface area (Å²) in [5.74, 6) is 0.789. The second-order valence-corrected chi connectivity index (χ2v) is 6.05. The fourth-order valence-electron chi connectivity index (χ4n) is 2.57. The number of hydrogen-bond acceptors (Lipinski definition) is 2. The summed E-state index contributed by atoms with van der Waals surface area (Å²) in [4.78, 5) is 15.7. The van der Waals surface area contributed by atoms with Crippen LogP contribution in [0.1, 0.15) is 25.0 Å². The molecule has 0 radical (unpaired) electrons. The molecule has 0 aromatic heterocycles. The highest BCUT2D eigenvalue weighted by atomic mass is 127. The Bertz CT molecular complexity index is 702. The molecule has 1 amide bonds. The number of aliphatic imine (C=N–C) groups is 1. The van der Waals surface area contributed by atoms with Gasteiger partial charge in [-0.3, -0.25) is 9.79 Å². The highest BCUT2D eigenvalue weighted by molar-refractivity contribution is 14.0. The summed E-state index contributed by atoms with van der Waals surface area (Å²) in [6.07, 6.45) is 1.82. The molecule has 0 heterocycles. The molecular weight excluding hydrogens is 451 g/mol. The van der Waals surface area contributed by atoms with Gasteiger partial charge in [-0.25, -0.2) is 0 Å². The number of carbonyl (C=O) groups excluding carboxylic acids is 1. The second kappa shape index (κ2) is 13.1. The minimum Gasteiger partial charge on any atom is -0.357 e. The molecule has 27 heavy (non-hydrogen) atoms. The van der Waals surface area contributed by atoms with Crippen LogP contribution >= 0.6 is 24.0 Å². The summed E-state index contributed by atoms with van der Waals surface area (Å²) in [6, 6.07) is 18.3. The van der Waals surface area contributed by atoms with Gasteiger partial charge in [0, 0.05) is 32.2 Å². The van der Waals surface area contributed by atoms with Gasteiger partial charge in [0.15, 0.2) is 5.96 Å². The number of guanidine groups is 1. The van der Waals surface area contributed by atoms with Crippen molar-refractivity contribution in [2.24, 2.45) is 4.99 Å². The van der Waals surface area contributed by atoms with Gasteiger partial charge >= 0.3 is 0 Å². The van der Waals surface area contributed by atoms with E-state index in [1.165, 1.54) is 18.1 Å². The van der Waals surface area contributed by atoms with E-state index in [1.807, 2.05) is 30.3 Å². The van der Waals surface area contributed by atoms with Gasteiger partial charge < -0.3 is 16.0 Å². The molecular formula is C21H29IN4O. The Morgan fingerprint density at radius 2 is 1.59 bits per heavy atom. The first-order chi connectivity index (χ1) is 12.7. The van der Waals surface area contributed by atoms with Crippen molar-refractivity contribution >= 4 is 41.5 Å². The minimum absolute atomic E-state index is 0. The maximum Gasteiger partial charge on any atom is 0.221 e. The summed E-state index contributed by atoms with van der Waals surface area (Å²) in [6.45, 7) is 5.97. The number of amides is 1. The molecule has 0 aliphatic rings. The van der Waals surface area contributed by atoms with Crippen LogP contribution in [0, 0.1) is 0 Å². The molecule has 2 rings (SSSR count). The van der Waals surface area contributed by atoms with E-state index in [-0.39, 0.29) is 29.9 Å². The van der Waals surface area contributed by atoms with Crippen molar-refractivity contribution < 1.29 is 4.79 Å². The van der Waals surface area contributed by atoms with Crippen molar-refractivity contribution in [2.45, 2.75) is 26.7 Å². The molecule has 0 bridgehead atoms. The van der Waals surface area contributed by atoms with Crippen molar-refractivity contribution in [3.8, 4) is 0 Å². The fourth-order valence-corrected chi connectivity index (χ4v) is 2.57. The number of carbonyl (C=O) groups is 1. The molecule has 0 fully saturated rings. The molecule has 6 heteroatoms. The highest BCUT2D eigenvalue weighted by Crippen LogP contribution is 2.10. The maximum atomic E-state index is 11.0. The van der Waals surface area contributed by atoms with E-state index in [9.17, 15) is 4.79 Å². The smallest absolute Gasteiger partial charge is 0.221 e. The highest BCUT2D eigenvalue weighted by Gasteiger charge is 1.99. The molecule has 5 nitrogen and oxygen atoms in total. The van der Waals surface area contributed by atoms with Gasteiger partial charge in [-0.15, -0.1) is 24.0 Å². The van der Waals surface area contributed by atoms with Crippen LogP contribution in [0.25, 0.3) is 0 Å². The summed E-state index contributed by atoms with van der Waals surface area (Å²) < 4.78 is 0. The molecule has 0 aliphatic carbocycles. The first-order valence-electron chi connectivity index (χ1n) is 9.10. The molecule has 0 aliphatic heterocycles. The topological polar surface area (TPSA) is 65.5 Å². The lowest BCUT2D eigenvalue weighted by Crippen LogP contribution is -2.38. The zero-order valence-corrected chi connectivity index (χ0v) is 18.3. The third-order valence-corrected chi connectivity index (χ3v) is 3.84. The Labute approximate surface area is 179 Å². The largest absolute Gasteiger partial charge is 0.357 e. The number of benzene rings is 2. The molecule has 0 saturated carbocycles. The van der Waals surface area contributed by atoms with Crippen LogP contribution < -0.4 is 16.0 Å². The number of hydrogen-bond donors (Lipinski definition) is 3. The Hall–Kier alpha value is -2.09. The lowest BCUT2D eigenvalue weighted by atomic mass is 10.1. The first kappa shape index (κ1) is 23.0. The monoisotopic (exact) mass is 480 g/mol. The van der Waals surface area contributed by atoms with E-state index in [0.29, 0.717) is 6.54 Å². The third-order valence-electron chi connectivity index (χ3n) is 3.84. The standard InChI is InChI=1S/C21H28N4O.HI/c1-3-22-21(23-15-13-18-7-5-4-6-8-18)24-16-14-19-9-11-20(12-10-19)25-17(2)26;/h4-12H,3,13-16H2,1-2H3,(H,25,26)(H2,22,23,24);1H. The van der Waals surface area contributed by atoms with E-state index in [1.54, 1.807) is 0 Å². The molecule has 0 spiro atoms. The van der Waals surface area contributed by atoms with Crippen LogP contribution in [0.4, 0.5) is 5.69 Å². The zero-order valence-electron chi connectivity index (χ0n) is 16.0. The van der Waals surface area contributed by atoms with Crippen LogP contribution in [0.5, 0.6) is 0 Å². The second-order valence-electron chi connectivity index (χ2n) is 6.05. The number of nitrogens with one attached hydrogen (secondary N) is 3. The average molecular weight is 480 g/mol. The molecule has 0 unspecified atom stereocenters. The molecule has 146 valence electrons. The van der Waals surface area contributed by atoms with Crippen molar-refractivity contribution in [1.82, 2.24) is 10.6 Å². The summed E-state index contributed by atoms with van der Waals surface area (Å²) >= 11 is 0. The lowest BCUT2D eigenvalue weighted by molar-refractivity contribution is -0.114. The van der Waals surface area contributed by atoms with E-state index < -0.39 is 0 Å². The molecule has 3 N–H and O–H groups in total. The third kappa shape index (κ3) is 9.42. The van der Waals surface area contributed by atoms with Crippen molar-refractivity contribution in [1.29, 1.82) is 0 Å². The summed E-state index contributed by atoms with van der Waals surface area (Å²) in [5, 5.41) is 9.43. The molecule has 2 aromatic carbocycles. The number of rotatable bonds is 8. The van der Waals surface area contributed by atoms with Gasteiger partial charge in [0.05, 0.1) is 0 Å². The molecule has 0 atom stereocenters. The first-order valence-corrected chi connectivity index (χ1v) is 9.10. The van der Waals surface area contributed by atoms with Crippen molar-refractivity contribution in [2.75, 3.05) is 25.0 Å². The molecule has 0 saturated heterocycles. The Kier molecular flexibility index (Phi) is 11.2. The van der Waals surface area contributed by atoms with Gasteiger partial charge in [-0.1, -0.05) is 42.5 Å². The van der Waals surface area contributed by atoms with Gasteiger partial charge in [0.2, 0.25) is 5.91 Å². The van der Waals surface area contributed by atoms with Gasteiger partial charge in [0.25, 0.3) is 0 Å². The van der Waals surface area contributed by atoms with Crippen molar-refractivity contribution in [3.63, 3.8) is 0 Å². The van der Waals surface area contributed by atoms with Gasteiger partial charge in [-0.2, -0.15) is 0 Å². The summed E-state index contributed by atoms with van der Waals surface area (Å²) in [5.41, 5.74) is 3.33. The maximum absolute atomic E-state index is 11.0. The van der Waals surface area contributed by atoms with E-state index in [0.717, 1.165) is 37.6 Å². The lowest BCUT2D eigenvalue weighted by Gasteiger charge is -2.11. The normalized spacial score (nSPS) is 10.7. The predicted octanol–water partition coefficient (Wildman–Crippen LogP) is 3.60. The van der Waals surface area contributed by atoms with E-state index in [4.69, 9.17) is 0 Å². The van der Waals surface area contributed by atoms with Crippen LogP contribution in [-0.4, -0.2) is 31.5 Å². The molecule has 2 aromatic rings. The van der Waals surface area contributed by atoms with Crippen LogP contribution in [0.15, 0.2) is 59.6 Å². The van der Waals surface area contributed by atoms with Crippen LogP contribution in [0.2, 0.25) is 0 Å². The van der Waals surface area contributed by atoms with E-state index in [2.05, 4.69) is 52.1 Å². The van der Waals surface area contributed by atoms with E-state index >= 15 is 0 Å². The average Bonchev–Trinajstić information content (AvgIpc) is 2.63. The Morgan fingerprint density at radius 1 is 0.926 bits per heavy atom. The number of anilines is 1. The SMILES string of the molecule is CCNC(=NCCc1ccc(NC(C)=O)cc1)NCCc1ccccc1.I.